The van der Waals surface area contributed by atoms with Crippen molar-refractivity contribution in [1.29, 1.82) is 0 Å². The fraction of sp³-hybridized carbons (Fsp3) is 0.923. The topological polar surface area (TPSA) is 18.5 Å². The molecule has 3 heteroatoms. The molecule has 1 rings (SSSR count). The average Bonchev–Trinajstić information content (AvgIpc) is 3.19. The molecule has 1 fully saturated rings. The molecule has 0 bridgehead atoms. The van der Waals surface area contributed by atoms with Crippen LogP contribution in [-0.2, 0) is 9.47 Å². The minimum atomic E-state index is -2.31. The fourth-order valence-corrected chi connectivity index (χ4v) is 17.8. The van der Waals surface area contributed by atoms with Crippen LogP contribution in [0.5, 0.6) is 0 Å². The third kappa shape index (κ3) is 12.7. The van der Waals surface area contributed by atoms with E-state index < -0.39 is 18.4 Å². The Morgan fingerprint density at radius 3 is 1.93 bits per heavy atom. The zero-order chi connectivity index (χ0) is 21.2. The van der Waals surface area contributed by atoms with Crippen LogP contribution in [0.1, 0.15) is 118 Å². The van der Waals surface area contributed by atoms with Crippen molar-refractivity contribution in [1.82, 2.24) is 0 Å². The summed E-state index contributed by atoms with van der Waals surface area (Å²) in [6.07, 6.45) is 18.6. The summed E-state index contributed by atoms with van der Waals surface area (Å²) in [4.78, 5) is 0. The van der Waals surface area contributed by atoms with Crippen LogP contribution in [0.3, 0.4) is 0 Å². The summed E-state index contributed by atoms with van der Waals surface area (Å²) in [6, 6.07) is 0. The summed E-state index contributed by atoms with van der Waals surface area (Å²) in [7, 11) is 0. The van der Waals surface area contributed by atoms with E-state index in [1.807, 2.05) is 0 Å². The Balaban J connectivity index is 2.42. The maximum absolute atomic E-state index is 6.12. The van der Waals surface area contributed by atoms with Gasteiger partial charge < -0.3 is 0 Å². The first-order chi connectivity index (χ1) is 14.2. The Hall–Kier alpha value is 0.279. The van der Waals surface area contributed by atoms with E-state index in [0.29, 0.717) is 12.7 Å². The van der Waals surface area contributed by atoms with Gasteiger partial charge in [0.1, 0.15) is 0 Å². The Bertz CT molecular complexity index is 418. The van der Waals surface area contributed by atoms with Crippen LogP contribution in [0.25, 0.3) is 0 Å². The van der Waals surface area contributed by atoms with Crippen molar-refractivity contribution in [3.63, 3.8) is 0 Å². The molecule has 170 valence electrons. The Kier molecular flexibility index (Phi) is 16.9. The first-order valence-electron chi connectivity index (χ1n) is 13.0. The molecule has 0 aromatic heterocycles. The zero-order valence-corrected chi connectivity index (χ0v) is 23.1. The van der Waals surface area contributed by atoms with Gasteiger partial charge in [-0.15, -0.1) is 0 Å². The third-order valence-electron chi connectivity index (χ3n) is 6.42. The molecule has 0 unspecified atom stereocenters. The van der Waals surface area contributed by atoms with E-state index in [1.165, 1.54) is 96.8 Å². The molecule has 2 nitrogen and oxygen atoms in total. The minimum absolute atomic E-state index is 0.00327. The molecule has 0 radical (unpaired) electrons. The second-order valence-electron chi connectivity index (χ2n) is 9.17. The van der Waals surface area contributed by atoms with Gasteiger partial charge in [0.15, 0.2) is 0 Å². The molecular formula is C26H50O2Sn. The zero-order valence-electron chi connectivity index (χ0n) is 20.2. The SMILES string of the molecule is CCCCCCC[C@@H]1CC[C@H](OCC#[C][Sn]([CH2]CCC)([CH2]CCC)[CH2]CCC)O1. The molecule has 0 N–H and O–H groups in total. The van der Waals surface area contributed by atoms with Crippen LogP contribution in [0.2, 0.25) is 13.3 Å². The van der Waals surface area contributed by atoms with Crippen LogP contribution in [-0.4, -0.2) is 37.4 Å². The summed E-state index contributed by atoms with van der Waals surface area (Å²) in [5, 5.41) is 0. The van der Waals surface area contributed by atoms with Crippen LogP contribution < -0.4 is 0 Å². The quantitative estimate of drug-likeness (QED) is 0.111. The number of hydrogen-bond acceptors (Lipinski definition) is 2. The summed E-state index contributed by atoms with van der Waals surface area (Å²) in [5.74, 6) is 3.50. The van der Waals surface area contributed by atoms with E-state index in [4.69, 9.17) is 9.47 Å². The predicted molar refractivity (Wildman–Crippen MR) is 130 cm³/mol. The van der Waals surface area contributed by atoms with E-state index in [0.717, 1.165) is 6.42 Å². The van der Waals surface area contributed by atoms with Gasteiger partial charge in [0.2, 0.25) is 0 Å². The number of ether oxygens (including phenoxy) is 2. The summed E-state index contributed by atoms with van der Waals surface area (Å²) in [6.45, 7) is 9.83. The van der Waals surface area contributed by atoms with E-state index >= 15 is 0 Å². The Morgan fingerprint density at radius 2 is 1.34 bits per heavy atom. The molecular weight excluding hydrogens is 463 g/mol. The van der Waals surface area contributed by atoms with Crippen LogP contribution in [0.4, 0.5) is 0 Å². The van der Waals surface area contributed by atoms with Gasteiger partial charge in [-0.25, -0.2) is 0 Å². The summed E-state index contributed by atoms with van der Waals surface area (Å²) < 4.78 is 20.4. The van der Waals surface area contributed by atoms with Gasteiger partial charge in [0.05, 0.1) is 0 Å². The van der Waals surface area contributed by atoms with Gasteiger partial charge in [0.25, 0.3) is 0 Å². The number of hydrogen-bond donors (Lipinski definition) is 0. The molecule has 0 amide bonds. The van der Waals surface area contributed by atoms with Crippen molar-refractivity contribution in [2.24, 2.45) is 0 Å². The van der Waals surface area contributed by atoms with E-state index in [-0.39, 0.29) is 6.29 Å². The fourth-order valence-electron chi connectivity index (χ4n) is 4.45. The maximum atomic E-state index is 6.12. The molecule has 0 aromatic rings. The molecule has 2 atom stereocenters. The molecule has 0 saturated carbocycles. The molecule has 0 spiro atoms. The Labute approximate surface area is 187 Å². The third-order valence-corrected chi connectivity index (χ3v) is 19.7. The Morgan fingerprint density at radius 1 is 0.759 bits per heavy atom. The van der Waals surface area contributed by atoms with Crippen molar-refractivity contribution in [3.05, 3.63) is 0 Å². The van der Waals surface area contributed by atoms with Crippen LogP contribution >= 0.6 is 0 Å². The molecule has 1 saturated heterocycles. The molecule has 0 aromatic carbocycles. The number of unbranched alkanes of at least 4 members (excludes halogenated alkanes) is 7. The van der Waals surface area contributed by atoms with E-state index in [9.17, 15) is 0 Å². The van der Waals surface area contributed by atoms with E-state index in [2.05, 4.69) is 37.6 Å². The number of rotatable bonds is 17. The summed E-state index contributed by atoms with van der Waals surface area (Å²) >= 11 is -2.31. The van der Waals surface area contributed by atoms with Crippen molar-refractivity contribution in [2.45, 2.75) is 143 Å². The van der Waals surface area contributed by atoms with Crippen LogP contribution in [0.15, 0.2) is 0 Å². The molecule has 1 aliphatic heterocycles. The van der Waals surface area contributed by atoms with Gasteiger partial charge in [-0.2, -0.15) is 0 Å². The van der Waals surface area contributed by atoms with Crippen molar-refractivity contribution in [3.8, 4) is 9.86 Å². The normalized spacial score (nSPS) is 19.3. The monoisotopic (exact) mass is 514 g/mol. The first-order valence-corrected chi connectivity index (χ1v) is 20.4. The van der Waals surface area contributed by atoms with Gasteiger partial charge in [-0.05, 0) is 0 Å². The molecule has 29 heavy (non-hydrogen) atoms. The summed E-state index contributed by atoms with van der Waals surface area (Å²) in [5.41, 5.74) is 0. The van der Waals surface area contributed by atoms with Crippen molar-refractivity contribution >= 4 is 18.4 Å². The standard InChI is InChI=1S/C14H23O2.3C4H9.Sn/c1-3-5-6-7-8-9-13-10-11-14(16-13)15-12-4-2;3*1-3-4-2;/h13-14H,3,5-12H2,1H3;3*1,3-4H2,2H3;/t13-,14-;;;;/m1..../s1. The van der Waals surface area contributed by atoms with Gasteiger partial charge in [-0.3, -0.25) is 0 Å². The first kappa shape index (κ1) is 27.3. The van der Waals surface area contributed by atoms with Crippen molar-refractivity contribution in [2.75, 3.05) is 6.61 Å². The van der Waals surface area contributed by atoms with E-state index in [1.54, 1.807) is 0 Å². The predicted octanol–water partition coefficient (Wildman–Crippen LogP) is 8.26. The molecule has 1 heterocycles. The molecule has 1 aliphatic rings. The van der Waals surface area contributed by atoms with Crippen LogP contribution in [0, 0.1) is 9.86 Å². The molecule has 0 aliphatic carbocycles. The second kappa shape index (κ2) is 17.9. The van der Waals surface area contributed by atoms with Gasteiger partial charge >= 0.3 is 174 Å². The average molecular weight is 513 g/mol. The van der Waals surface area contributed by atoms with Crippen molar-refractivity contribution < 1.29 is 9.47 Å². The van der Waals surface area contributed by atoms with Gasteiger partial charge in [-0.1, -0.05) is 13.3 Å². The second-order valence-corrected chi connectivity index (χ2v) is 21.5. The van der Waals surface area contributed by atoms with Gasteiger partial charge in [0, 0.05) is 0 Å².